The highest BCUT2D eigenvalue weighted by Crippen LogP contribution is 2.38. The molecule has 1 heterocycles. The third kappa shape index (κ3) is 2.17. The van der Waals surface area contributed by atoms with Gasteiger partial charge in [-0.15, -0.1) is 0 Å². The Morgan fingerprint density at radius 3 is 2.72 bits per heavy atom. The van der Waals surface area contributed by atoms with E-state index >= 15 is 0 Å². The second-order valence-electron chi connectivity index (χ2n) is 5.13. The Bertz CT molecular complexity index is 484. The number of carbonyl (C=O) groups is 1. The molecule has 0 spiro atoms. The molecule has 0 atom stereocenters. The van der Waals surface area contributed by atoms with E-state index in [0.717, 1.165) is 19.4 Å². The molecule has 2 saturated carbocycles. The molecule has 1 N–H and O–H groups in total. The van der Waals surface area contributed by atoms with E-state index in [-0.39, 0.29) is 11.4 Å². The SMILES string of the molecule is O=C(O)c1ccnc(N(CC2CC2)C2CC2)c1F. The Balaban J connectivity index is 1.92. The van der Waals surface area contributed by atoms with E-state index in [4.69, 9.17) is 5.11 Å². The van der Waals surface area contributed by atoms with Gasteiger partial charge in [0.15, 0.2) is 11.6 Å². The first-order valence-corrected chi connectivity index (χ1v) is 6.31. The number of hydrogen-bond acceptors (Lipinski definition) is 3. The fourth-order valence-electron chi connectivity index (χ4n) is 2.17. The van der Waals surface area contributed by atoms with E-state index in [1.807, 2.05) is 4.90 Å². The minimum Gasteiger partial charge on any atom is -0.478 e. The maximum absolute atomic E-state index is 14.1. The lowest BCUT2D eigenvalue weighted by Crippen LogP contribution is -2.30. The van der Waals surface area contributed by atoms with Crippen molar-refractivity contribution in [2.45, 2.75) is 31.7 Å². The van der Waals surface area contributed by atoms with Crippen LogP contribution in [0.1, 0.15) is 36.0 Å². The second kappa shape index (κ2) is 4.23. The van der Waals surface area contributed by atoms with Crippen molar-refractivity contribution in [2.24, 2.45) is 5.92 Å². The molecule has 5 heteroatoms. The van der Waals surface area contributed by atoms with Crippen LogP contribution in [-0.4, -0.2) is 28.6 Å². The zero-order valence-corrected chi connectivity index (χ0v) is 9.97. The number of anilines is 1. The predicted molar refractivity (Wildman–Crippen MR) is 64.2 cm³/mol. The van der Waals surface area contributed by atoms with E-state index in [1.54, 1.807) is 0 Å². The van der Waals surface area contributed by atoms with Gasteiger partial charge in [-0.2, -0.15) is 0 Å². The van der Waals surface area contributed by atoms with E-state index < -0.39 is 11.8 Å². The summed E-state index contributed by atoms with van der Waals surface area (Å²) in [6.07, 6.45) is 5.84. The Morgan fingerprint density at radius 1 is 1.44 bits per heavy atom. The molecule has 2 aliphatic carbocycles. The third-order valence-corrected chi connectivity index (χ3v) is 3.51. The first kappa shape index (κ1) is 11.4. The summed E-state index contributed by atoms with van der Waals surface area (Å²) in [5.41, 5.74) is -0.290. The Hall–Kier alpha value is -1.65. The van der Waals surface area contributed by atoms with Crippen molar-refractivity contribution in [1.29, 1.82) is 0 Å². The molecule has 0 amide bonds. The molecule has 3 rings (SSSR count). The van der Waals surface area contributed by atoms with E-state index in [9.17, 15) is 9.18 Å². The summed E-state index contributed by atoms with van der Waals surface area (Å²) >= 11 is 0. The van der Waals surface area contributed by atoms with Crippen molar-refractivity contribution >= 4 is 11.8 Å². The molecule has 0 aromatic carbocycles. The number of carboxylic acid groups (broad SMARTS) is 1. The van der Waals surface area contributed by atoms with Gasteiger partial charge in [-0.05, 0) is 37.7 Å². The van der Waals surface area contributed by atoms with Crippen molar-refractivity contribution in [3.63, 3.8) is 0 Å². The van der Waals surface area contributed by atoms with Crippen LogP contribution in [0.15, 0.2) is 12.3 Å². The molecule has 0 saturated heterocycles. The van der Waals surface area contributed by atoms with Crippen LogP contribution in [0.5, 0.6) is 0 Å². The molecule has 0 radical (unpaired) electrons. The van der Waals surface area contributed by atoms with Crippen LogP contribution < -0.4 is 4.90 Å². The van der Waals surface area contributed by atoms with Crippen LogP contribution in [0, 0.1) is 11.7 Å². The van der Waals surface area contributed by atoms with Crippen LogP contribution in [-0.2, 0) is 0 Å². The molecule has 0 aliphatic heterocycles. The normalized spacial score (nSPS) is 18.7. The van der Waals surface area contributed by atoms with Gasteiger partial charge in [-0.25, -0.2) is 14.2 Å². The molecule has 0 unspecified atom stereocenters. The highest BCUT2D eigenvalue weighted by molar-refractivity contribution is 5.88. The second-order valence-corrected chi connectivity index (χ2v) is 5.13. The lowest BCUT2D eigenvalue weighted by molar-refractivity contribution is 0.0691. The lowest BCUT2D eigenvalue weighted by atomic mass is 10.2. The number of nitrogens with zero attached hydrogens (tertiary/aromatic N) is 2. The number of hydrogen-bond donors (Lipinski definition) is 1. The van der Waals surface area contributed by atoms with Crippen molar-refractivity contribution in [3.8, 4) is 0 Å². The lowest BCUT2D eigenvalue weighted by Gasteiger charge is -2.24. The summed E-state index contributed by atoms with van der Waals surface area (Å²) in [6, 6.07) is 1.56. The Labute approximate surface area is 104 Å². The monoisotopic (exact) mass is 250 g/mol. The van der Waals surface area contributed by atoms with Gasteiger partial charge in [0.1, 0.15) is 5.56 Å². The smallest absolute Gasteiger partial charge is 0.338 e. The molecule has 0 bridgehead atoms. The zero-order chi connectivity index (χ0) is 12.7. The highest BCUT2D eigenvalue weighted by Gasteiger charge is 2.36. The molecule has 2 aliphatic rings. The fraction of sp³-hybridized carbons (Fsp3) is 0.538. The summed E-state index contributed by atoms with van der Waals surface area (Å²) in [7, 11) is 0. The van der Waals surface area contributed by atoms with Gasteiger partial charge < -0.3 is 10.0 Å². The number of halogens is 1. The van der Waals surface area contributed by atoms with Gasteiger partial charge in [0.05, 0.1) is 0 Å². The molecular formula is C13H15FN2O2. The topological polar surface area (TPSA) is 53.4 Å². The largest absolute Gasteiger partial charge is 0.478 e. The Kier molecular flexibility index (Phi) is 2.69. The van der Waals surface area contributed by atoms with Crippen LogP contribution in [0.25, 0.3) is 0 Å². The molecular weight excluding hydrogens is 235 g/mol. The van der Waals surface area contributed by atoms with Gasteiger partial charge in [-0.3, -0.25) is 0 Å². The quantitative estimate of drug-likeness (QED) is 0.871. The van der Waals surface area contributed by atoms with E-state index in [2.05, 4.69) is 4.98 Å². The average Bonchev–Trinajstić information content (AvgIpc) is 3.19. The zero-order valence-electron chi connectivity index (χ0n) is 9.97. The average molecular weight is 250 g/mol. The molecule has 2 fully saturated rings. The summed E-state index contributed by atoms with van der Waals surface area (Å²) in [5, 5.41) is 8.93. The standard InChI is InChI=1S/C13H15FN2O2/c14-11-10(13(17)18)5-6-15-12(11)16(9-3-4-9)7-8-1-2-8/h5-6,8-9H,1-4,7H2,(H,17,18). The van der Waals surface area contributed by atoms with Gasteiger partial charge >= 0.3 is 5.97 Å². The summed E-state index contributed by atoms with van der Waals surface area (Å²) in [5.74, 6) is -1.10. The van der Waals surface area contributed by atoms with Gasteiger partial charge in [0, 0.05) is 18.8 Å². The molecule has 1 aromatic heterocycles. The minimum absolute atomic E-state index is 0.212. The van der Waals surface area contributed by atoms with Crippen LogP contribution in [0.4, 0.5) is 10.2 Å². The molecule has 96 valence electrons. The summed E-state index contributed by atoms with van der Waals surface area (Å²) in [6.45, 7) is 0.803. The van der Waals surface area contributed by atoms with Gasteiger partial charge in [0.2, 0.25) is 0 Å². The number of carboxylic acids is 1. The minimum atomic E-state index is -1.24. The number of aromatic nitrogens is 1. The van der Waals surface area contributed by atoms with E-state index in [1.165, 1.54) is 25.1 Å². The number of aromatic carboxylic acids is 1. The van der Waals surface area contributed by atoms with Crippen LogP contribution >= 0.6 is 0 Å². The van der Waals surface area contributed by atoms with E-state index in [0.29, 0.717) is 12.0 Å². The molecule has 4 nitrogen and oxygen atoms in total. The maximum Gasteiger partial charge on any atom is 0.338 e. The van der Waals surface area contributed by atoms with Crippen molar-refractivity contribution in [1.82, 2.24) is 4.98 Å². The van der Waals surface area contributed by atoms with Crippen LogP contribution in [0.2, 0.25) is 0 Å². The van der Waals surface area contributed by atoms with Crippen molar-refractivity contribution in [3.05, 3.63) is 23.6 Å². The molecule has 18 heavy (non-hydrogen) atoms. The first-order chi connectivity index (χ1) is 8.66. The number of pyridine rings is 1. The van der Waals surface area contributed by atoms with Gasteiger partial charge in [0.25, 0.3) is 0 Å². The van der Waals surface area contributed by atoms with Crippen LogP contribution in [0.3, 0.4) is 0 Å². The highest BCUT2D eigenvalue weighted by atomic mass is 19.1. The first-order valence-electron chi connectivity index (χ1n) is 6.31. The van der Waals surface area contributed by atoms with Crippen molar-refractivity contribution < 1.29 is 14.3 Å². The maximum atomic E-state index is 14.1. The summed E-state index contributed by atoms with van der Waals surface area (Å²) < 4.78 is 14.1. The predicted octanol–water partition coefficient (Wildman–Crippen LogP) is 2.30. The Morgan fingerprint density at radius 2 is 2.17 bits per heavy atom. The van der Waals surface area contributed by atoms with Crippen molar-refractivity contribution in [2.75, 3.05) is 11.4 Å². The van der Waals surface area contributed by atoms with Gasteiger partial charge in [-0.1, -0.05) is 0 Å². The molecule has 1 aromatic rings. The summed E-state index contributed by atoms with van der Waals surface area (Å²) in [4.78, 5) is 16.9. The fourth-order valence-corrected chi connectivity index (χ4v) is 2.17. The third-order valence-electron chi connectivity index (χ3n) is 3.51. The number of rotatable bonds is 5.